The Balaban J connectivity index is 2.36. The summed E-state index contributed by atoms with van der Waals surface area (Å²) in [5.74, 6) is 0. The highest BCUT2D eigenvalue weighted by Gasteiger charge is 2.13. The Kier molecular flexibility index (Phi) is 3.36. The molecule has 3 heteroatoms. The van der Waals surface area contributed by atoms with E-state index in [1.54, 1.807) is 11.3 Å². The van der Waals surface area contributed by atoms with Gasteiger partial charge >= 0.3 is 0 Å². The van der Waals surface area contributed by atoms with Gasteiger partial charge in [-0.3, -0.25) is 4.98 Å². The number of rotatable bonds is 3. The lowest BCUT2D eigenvalue weighted by atomic mass is 10.0. The minimum atomic E-state index is 0.248. The zero-order chi connectivity index (χ0) is 11.5. The van der Waals surface area contributed by atoms with Crippen molar-refractivity contribution in [2.24, 2.45) is 0 Å². The standard InChI is InChI=1S/C13H16N2S/c1-9-4-11(7-15-6-9)13(14-3)12-5-10(2)16-8-12/h4-8,13-14H,1-3H3. The first-order chi connectivity index (χ1) is 7.70. The number of hydrogen-bond acceptors (Lipinski definition) is 3. The van der Waals surface area contributed by atoms with Crippen molar-refractivity contribution in [2.45, 2.75) is 19.9 Å². The molecule has 84 valence electrons. The lowest BCUT2D eigenvalue weighted by Gasteiger charge is -2.15. The maximum Gasteiger partial charge on any atom is 0.0597 e. The van der Waals surface area contributed by atoms with Gasteiger partial charge in [0.1, 0.15) is 0 Å². The summed E-state index contributed by atoms with van der Waals surface area (Å²) in [6.07, 6.45) is 3.82. The van der Waals surface area contributed by atoms with E-state index < -0.39 is 0 Å². The van der Waals surface area contributed by atoms with Crippen LogP contribution in [0.4, 0.5) is 0 Å². The van der Waals surface area contributed by atoms with E-state index in [0.717, 1.165) is 0 Å². The summed E-state index contributed by atoms with van der Waals surface area (Å²) in [6.45, 7) is 4.21. The second-order valence-electron chi connectivity index (χ2n) is 4.01. The van der Waals surface area contributed by atoms with Crippen LogP contribution in [0.25, 0.3) is 0 Å². The largest absolute Gasteiger partial charge is 0.309 e. The molecule has 0 aromatic carbocycles. The van der Waals surface area contributed by atoms with Crippen molar-refractivity contribution < 1.29 is 0 Å². The first-order valence-electron chi connectivity index (χ1n) is 5.34. The van der Waals surface area contributed by atoms with Gasteiger partial charge in [0, 0.05) is 17.3 Å². The molecular formula is C13H16N2S. The molecule has 2 aromatic heterocycles. The fraction of sp³-hybridized carbons (Fsp3) is 0.308. The second kappa shape index (κ2) is 4.76. The number of aryl methyl sites for hydroxylation is 2. The molecule has 1 unspecified atom stereocenters. The third-order valence-electron chi connectivity index (χ3n) is 2.60. The van der Waals surface area contributed by atoms with Gasteiger partial charge in [0.2, 0.25) is 0 Å². The molecule has 0 spiro atoms. The first kappa shape index (κ1) is 11.3. The molecule has 2 heterocycles. The maximum absolute atomic E-state index is 4.25. The van der Waals surface area contributed by atoms with E-state index in [0.29, 0.717) is 0 Å². The van der Waals surface area contributed by atoms with Crippen LogP contribution < -0.4 is 5.32 Å². The van der Waals surface area contributed by atoms with Gasteiger partial charge in [-0.25, -0.2) is 0 Å². The van der Waals surface area contributed by atoms with Gasteiger partial charge in [-0.2, -0.15) is 0 Å². The zero-order valence-electron chi connectivity index (χ0n) is 9.82. The molecule has 2 aromatic rings. The molecule has 0 aliphatic heterocycles. The third kappa shape index (κ3) is 2.31. The van der Waals surface area contributed by atoms with Crippen LogP contribution in [-0.4, -0.2) is 12.0 Å². The fourth-order valence-electron chi connectivity index (χ4n) is 1.88. The summed E-state index contributed by atoms with van der Waals surface area (Å²) in [5.41, 5.74) is 3.74. The van der Waals surface area contributed by atoms with Crippen molar-refractivity contribution in [3.8, 4) is 0 Å². The van der Waals surface area contributed by atoms with Crippen LogP contribution in [0.15, 0.2) is 29.9 Å². The quantitative estimate of drug-likeness (QED) is 0.879. The molecule has 0 bridgehead atoms. The van der Waals surface area contributed by atoms with Crippen LogP contribution in [0.1, 0.15) is 27.6 Å². The number of nitrogens with one attached hydrogen (secondary N) is 1. The highest BCUT2D eigenvalue weighted by Crippen LogP contribution is 2.25. The Morgan fingerprint density at radius 1 is 1.19 bits per heavy atom. The van der Waals surface area contributed by atoms with Crippen LogP contribution in [-0.2, 0) is 0 Å². The van der Waals surface area contributed by atoms with Gasteiger partial charge in [0.25, 0.3) is 0 Å². The van der Waals surface area contributed by atoms with E-state index in [4.69, 9.17) is 0 Å². The average molecular weight is 232 g/mol. The van der Waals surface area contributed by atoms with Crippen LogP contribution in [0, 0.1) is 13.8 Å². The van der Waals surface area contributed by atoms with E-state index in [2.05, 4.69) is 41.7 Å². The second-order valence-corrected chi connectivity index (χ2v) is 5.12. The molecule has 0 radical (unpaired) electrons. The van der Waals surface area contributed by atoms with E-state index in [1.165, 1.54) is 21.6 Å². The molecule has 16 heavy (non-hydrogen) atoms. The molecule has 2 rings (SSSR count). The lowest BCUT2D eigenvalue weighted by molar-refractivity contribution is 0.690. The van der Waals surface area contributed by atoms with Crippen molar-refractivity contribution in [1.29, 1.82) is 0 Å². The number of pyridine rings is 1. The number of nitrogens with zero attached hydrogens (tertiary/aromatic N) is 1. The lowest BCUT2D eigenvalue weighted by Crippen LogP contribution is -2.17. The first-order valence-corrected chi connectivity index (χ1v) is 6.22. The van der Waals surface area contributed by atoms with E-state index in [1.807, 2.05) is 19.4 Å². The van der Waals surface area contributed by atoms with Crippen molar-refractivity contribution in [2.75, 3.05) is 7.05 Å². The number of aromatic nitrogens is 1. The summed E-state index contributed by atoms with van der Waals surface area (Å²) >= 11 is 1.79. The molecule has 0 aliphatic rings. The van der Waals surface area contributed by atoms with Gasteiger partial charge < -0.3 is 5.32 Å². The normalized spacial score (nSPS) is 12.7. The molecule has 0 fully saturated rings. The molecule has 1 N–H and O–H groups in total. The van der Waals surface area contributed by atoms with Gasteiger partial charge in [-0.05, 0) is 49.0 Å². The van der Waals surface area contributed by atoms with E-state index in [-0.39, 0.29) is 6.04 Å². The fourth-order valence-corrected chi connectivity index (χ4v) is 2.61. The SMILES string of the molecule is CNC(c1cncc(C)c1)c1csc(C)c1. The summed E-state index contributed by atoms with van der Waals surface area (Å²) in [4.78, 5) is 5.59. The van der Waals surface area contributed by atoms with Gasteiger partial charge in [0.15, 0.2) is 0 Å². The van der Waals surface area contributed by atoms with Gasteiger partial charge in [-0.15, -0.1) is 11.3 Å². The molecule has 1 atom stereocenters. The average Bonchev–Trinajstić information content (AvgIpc) is 2.66. The predicted molar refractivity (Wildman–Crippen MR) is 68.9 cm³/mol. The zero-order valence-corrected chi connectivity index (χ0v) is 10.6. The van der Waals surface area contributed by atoms with Crippen LogP contribution in [0.3, 0.4) is 0 Å². The highest BCUT2D eigenvalue weighted by molar-refractivity contribution is 7.10. The van der Waals surface area contributed by atoms with E-state index in [9.17, 15) is 0 Å². The molecule has 0 saturated carbocycles. The predicted octanol–water partition coefficient (Wildman–Crippen LogP) is 3.07. The maximum atomic E-state index is 4.25. The van der Waals surface area contributed by atoms with Crippen molar-refractivity contribution in [1.82, 2.24) is 10.3 Å². The van der Waals surface area contributed by atoms with E-state index >= 15 is 0 Å². The van der Waals surface area contributed by atoms with Gasteiger partial charge in [0.05, 0.1) is 6.04 Å². The summed E-state index contributed by atoms with van der Waals surface area (Å²) in [6, 6.07) is 4.66. The van der Waals surface area contributed by atoms with Crippen LogP contribution >= 0.6 is 11.3 Å². The monoisotopic (exact) mass is 232 g/mol. The molecular weight excluding hydrogens is 216 g/mol. The van der Waals surface area contributed by atoms with Crippen LogP contribution in [0.5, 0.6) is 0 Å². The van der Waals surface area contributed by atoms with Crippen molar-refractivity contribution >= 4 is 11.3 Å². The molecule has 0 aliphatic carbocycles. The Bertz CT molecular complexity index is 476. The number of thiophene rings is 1. The third-order valence-corrected chi connectivity index (χ3v) is 3.48. The minimum absolute atomic E-state index is 0.248. The van der Waals surface area contributed by atoms with Crippen molar-refractivity contribution in [3.05, 3.63) is 51.5 Å². The Morgan fingerprint density at radius 3 is 2.56 bits per heavy atom. The number of hydrogen-bond donors (Lipinski definition) is 1. The molecule has 0 amide bonds. The topological polar surface area (TPSA) is 24.9 Å². The summed E-state index contributed by atoms with van der Waals surface area (Å²) in [5, 5.41) is 5.55. The Morgan fingerprint density at radius 2 is 2.00 bits per heavy atom. The summed E-state index contributed by atoms with van der Waals surface area (Å²) < 4.78 is 0. The molecule has 0 saturated heterocycles. The minimum Gasteiger partial charge on any atom is -0.309 e. The molecule has 2 nitrogen and oxygen atoms in total. The van der Waals surface area contributed by atoms with Gasteiger partial charge in [-0.1, -0.05) is 6.07 Å². The smallest absolute Gasteiger partial charge is 0.0597 e. The van der Waals surface area contributed by atoms with Crippen molar-refractivity contribution in [3.63, 3.8) is 0 Å². The Hall–Kier alpha value is -1.19. The highest BCUT2D eigenvalue weighted by atomic mass is 32.1. The Labute approximate surface area is 100 Å². The summed E-state index contributed by atoms with van der Waals surface area (Å²) in [7, 11) is 1.99. The van der Waals surface area contributed by atoms with Crippen LogP contribution in [0.2, 0.25) is 0 Å².